The first-order valence-corrected chi connectivity index (χ1v) is 11.3. The molecule has 4 rings (SSSR count). The van der Waals surface area contributed by atoms with Gasteiger partial charge in [0.15, 0.2) is 0 Å². The molecule has 4 nitrogen and oxygen atoms in total. The summed E-state index contributed by atoms with van der Waals surface area (Å²) in [7, 11) is 0. The van der Waals surface area contributed by atoms with Crippen LogP contribution in [0, 0.1) is 11.3 Å². The molecule has 0 saturated carbocycles. The second kappa shape index (κ2) is 9.97. The maximum absolute atomic E-state index is 12.9. The number of rotatable bonds is 6. The van der Waals surface area contributed by atoms with E-state index in [-0.39, 0.29) is 5.91 Å². The molecule has 158 valence electrons. The van der Waals surface area contributed by atoms with Crippen LogP contribution in [0.3, 0.4) is 0 Å². The zero-order valence-corrected chi connectivity index (χ0v) is 19.1. The summed E-state index contributed by atoms with van der Waals surface area (Å²) >= 11 is 13.6. The minimum atomic E-state index is -0.161. The van der Waals surface area contributed by atoms with Crippen LogP contribution >= 0.6 is 35.1 Å². The standard InChI is InChI=1S/C25H17Cl2N3OS/c26-18-11-19(27)13-20(12-18)32-30-24-6-2-3-21-22(24)4-1-5-23(21)25(31)29-15-17-9-7-16(14-28)8-10-17/h1-13,30H,15H2,(H,29,31). The maximum atomic E-state index is 12.9. The third-order valence-electron chi connectivity index (χ3n) is 4.82. The lowest BCUT2D eigenvalue weighted by molar-refractivity contribution is 0.0952. The molecule has 32 heavy (non-hydrogen) atoms. The molecule has 0 fully saturated rings. The first-order valence-electron chi connectivity index (χ1n) is 9.71. The van der Waals surface area contributed by atoms with Crippen LogP contribution < -0.4 is 10.0 Å². The molecule has 4 aromatic rings. The van der Waals surface area contributed by atoms with E-state index in [4.69, 9.17) is 28.5 Å². The Labute approximate surface area is 200 Å². The predicted molar refractivity (Wildman–Crippen MR) is 132 cm³/mol. The van der Waals surface area contributed by atoms with Crippen molar-refractivity contribution in [2.24, 2.45) is 0 Å². The fourth-order valence-corrected chi connectivity index (χ4v) is 4.71. The number of carbonyl (C=O) groups is 1. The van der Waals surface area contributed by atoms with Crippen LogP contribution in [0.25, 0.3) is 10.8 Å². The SMILES string of the molecule is N#Cc1ccc(CNC(=O)c2cccc3c(NSc4cc(Cl)cc(Cl)c4)cccc23)cc1. The lowest BCUT2D eigenvalue weighted by Crippen LogP contribution is -2.23. The molecular formula is C25H17Cl2N3OS. The van der Waals surface area contributed by atoms with E-state index >= 15 is 0 Å². The Balaban J connectivity index is 1.53. The first-order chi connectivity index (χ1) is 15.5. The van der Waals surface area contributed by atoms with Gasteiger partial charge in [0.1, 0.15) is 0 Å². The molecule has 0 unspecified atom stereocenters. The van der Waals surface area contributed by atoms with Crippen molar-refractivity contribution in [2.75, 3.05) is 4.72 Å². The zero-order chi connectivity index (χ0) is 22.5. The van der Waals surface area contributed by atoms with Gasteiger partial charge < -0.3 is 10.0 Å². The minimum Gasteiger partial charge on any atom is -0.348 e. The Hall–Kier alpha value is -3.17. The van der Waals surface area contributed by atoms with Crippen molar-refractivity contribution in [1.82, 2.24) is 5.32 Å². The molecule has 0 aliphatic rings. The Kier molecular flexibility index (Phi) is 6.87. The second-order valence-electron chi connectivity index (χ2n) is 7.01. The van der Waals surface area contributed by atoms with Crippen LogP contribution in [-0.2, 0) is 6.54 Å². The quantitative estimate of drug-likeness (QED) is 0.291. The van der Waals surface area contributed by atoms with Gasteiger partial charge in [-0.15, -0.1) is 0 Å². The first kappa shape index (κ1) is 22.0. The molecule has 0 bridgehead atoms. The molecule has 1 amide bonds. The lowest BCUT2D eigenvalue weighted by atomic mass is 10.0. The summed E-state index contributed by atoms with van der Waals surface area (Å²) in [6, 6.07) is 26.0. The van der Waals surface area contributed by atoms with E-state index in [1.807, 2.05) is 60.7 Å². The van der Waals surface area contributed by atoms with Crippen molar-refractivity contribution >= 4 is 57.5 Å². The van der Waals surface area contributed by atoms with E-state index in [9.17, 15) is 4.79 Å². The Morgan fingerprint density at radius 1 is 0.906 bits per heavy atom. The molecule has 0 aliphatic heterocycles. The predicted octanol–water partition coefficient (Wildman–Crippen LogP) is 7.07. The van der Waals surface area contributed by atoms with Gasteiger partial charge in [0.25, 0.3) is 5.91 Å². The molecule has 2 N–H and O–H groups in total. The highest BCUT2D eigenvalue weighted by Gasteiger charge is 2.12. The van der Waals surface area contributed by atoms with Crippen LogP contribution in [0.1, 0.15) is 21.5 Å². The molecular weight excluding hydrogens is 461 g/mol. The van der Waals surface area contributed by atoms with Gasteiger partial charge in [-0.25, -0.2) is 0 Å². The van der Waals surface area contributed by atoms with E-state index in [0.29, 0.717) is 27.7 Å². The highest BCUT2D eigenvalue weighted by Crippen LogP contribution is 2.32. The van der Waals surface area contributed by atoms with Gasteiger partial charge in [-0.05, 0) is 65.4 Å². The highest BCUT2D eigenvalue weighted by molar-refractivity contribution is 8.00. The van der Waals surface area contributed by atoms with E-state index in [1.165, 1.54) is 11.9 Å². The van der Waals surface area contributed by atoms with E-state index in [1.54, 1.807) is 18.2 Å². The molecule has 4 aromatic carbocycles. The highest BCUT2D eigenvalue weighted by atomic mass is 35.5. The minimum absolute atomic E-state index is 0.161. The Bertz CT molecular complexity index is 1310. The fraction of sp³-hybridized carbons (Fsp3) is 0.0400. The number of amides is 1. The summed E-state index contributed by atoms with van der Waals surface area (Å²) in [6.07, 6.45) is 0. The molecule has 0 saturated heterocycles. The number of halogens is 2. The third-order valence-corrected chi connectivity index (χ3v) is 6.05. The number of hydrogen-bond donors (Lipinski definition) is 2. The molecule has 0 aromatic heterocycles. The van der Waals surface area contributed by atoms with E-state index in [0.717, 1.165) is 26.9 Å². The third kappa shape index (κ3) is 5.17. The van der Waals surface area contributed by atoms with Crippen molar-refractivity contribution in [3.05, 3.63) is 106 Å². The van der Waals surface area contributed by atoms with Gasteiger partial charge in [0.05, 0.1) is 17.3 Å². The van der Waals surface area contributed by atoms with Crippen LogP contribution in [0.4, 0.5) is 5.69 Å². The molecule has 0 heterocycles. The van der Waals surface area contributed by atoms with Gasteiger partial charge >= 0.3 is 0 Å². The molecule has 0 aliphatic carbocycles. The average Bonchev–Trinajstić information content (AvgIpc) is 2.80. The van der Waals surface area contributed by atoms with Crippen molar-refractivity contribution in [3.63, 3.8) is 0 Å². The second-order valence-corrected chi connectivity index (χ2v) is 8.76. The Morgan fingerprint density at radius 2 is 1.59 bits per heavy atom. The maximum Gasteiger partial charge on any atom is 0.252 e. The van der Waals surface area contributed by atoms with E-state index < -0.39 is 0 Å². The molecule has 0 spiro atoms. The molecule has 0 radical (unpaired) electrons. The van der Waals surface area contributed by atoms with Crippen molar-refractivity contribution in [1.29, 1.82) is 5.26 Å². The lowest BCUT2D eigenvalue weighted by Gasteiger charge is -2.12. The van der Waals surface area contributed by atoms with Crippen LogP contribution in [0.15, 0.2) is 83.8 Å². The van der Waals surface area contributed by atoms with E-state index in [2.05, 4.69) is 16.1 Å². The fourth-order valence-electron chi connectivity index (χ4n) is 3.27. The number of benzene rings is 4. The number of carbonyl (C=O) groups excluding carboxylic acids is 1. The smallest absolute Gasteiger partial charge is 0.252 e. The number of nitriles is 1. The number of anilines is 1. The summed E-state index contributed by atoms with van der Waals surface area (Å²) in [5.74, 6) is -0.161. The summed E-state index contributed by atoms with van der Waals surface area (Å²) < 4.78 is 3.33. The van der Waals surface area contributed by atoms with Crippen LogP contribution in [-0.4, -0.2) is 5.91 Å². The van der Waals surface area contributed by atoms with Crippen LogP contribution in [0.2, 0.25) is 10.0 Å². The summed E-state index contributed by atoms with van der Waals surface area (Å²) in [5, 5.41) is 14.8. The largest absolute Gasteiger partial charge is 0.348 e. The van der Waals surface area contributed by atoms with Gasteiger partial charge in [-0.1, -0.05) is 59.6 Å². The Morgan fingerprint density at radius 3 is 2.31 bits per heavy atom. The van der Waals surface area contributed by atoms with Gasteiger partial charge in [-0.2, -0.15) is 5.26 Å². The number of nitrogens with one attached hydrogen (secondary N) is 2. The van der Waals surface area contributed by atoms with Crippen LogP contribution in [0.5, 0.6) is 0 Å². The van der Waals surface area contributed by atoms with Crippen molar-refractivity contribution in [3.8, 4) is 6.07 Å². The topological polar surface area (TPSA) is 64.9 Å². The molecule has 0 atom stereocenters. The summed E-state index contributed by atoms with van der Waals surface area (Å²) in [5.41, 5.74) is 2.99. The zero-order valence-electron chi connectivity index (χ0n) is 16.7. The normalized spacial score (nSPS) is 10.5. The molecule has 7 heteroatoms. The van der Waals surface area contributed by atoms with Gasteiger partial charge in [0.2, 0.25) is 0 Å². The number of nitrogens with zero attached hydrogens (tertiary/aromatic N) is 1. The summed E-state index contributed by atoms with van der Waals surface area (Å²) in [6.45, 7) is 0.379. The van der Waals surface area contributed by atoms with Crippen molar-refractivity contribution in [2.45, 2.75) is 11.4 Å². The number of fused-ring (bicyclic) bond motifs is 1. The summed E-state index contributed by atoms with van der Waals surface area (Å²) in [4.78, 5) is 13.8. The van der Waals surface area contributed by atoms with Crippen molar-refractivity contribution < 1.29 is 4.79 Å². The van der Waals surface area contributed by atoms with Gasteiger partial charge in [-0.3, -0.25) is 4.79 Å². The monoisotopic (exact) mass is 477 g/mol. The number of hydrogen-bond acceptors (Lipinski definition) is 4. The average molecular weight is 478 g/mol. The van der Waals surface area contributed by atoms with Gasteiger partial charge in [0, 0.05) is 32.4 Å².